The lowest BCUT2D eigenvalue weighted by Gasteiger charge is -2.35. The van der Waals surface area contributed by atoms with Gasteiger partial charge in [0, 0.05) is 7.11 Å². The number of carbonyl (C=O) groups is 1. The van der Waals surface area contributed by atoms with Crippen molar-refractivity contribution in [1.82, 2.24) is 10.6 Å². The van der Waals surface area contributed by atoms with E-state index in [4.69, 9.17) is 4.74 Å². The standard InChI is InChI=1S/C16H22N2O2/c1-20-16(8-10-17-11-9-16)15(19)18-14-7-6-12-4-2-3-5-13(12)14/h2-5,14,17H,6-11H2,1H3,(H,18,19). The Labute approximate surface area is 119 Å². The molecule has 1 saturated heterocycles. The summed E-state index contributed by atoms with van der Waals surface area (Å²) >= 11 is 0. The summed E-state index contributed by atoms with van der Waals surface area (Å²) in [6, 6.07) is 8.51. The van der Waals surface area contributed by atoms with Crippen LogP contribution in [0, 0.1) is 0 Å². The Hall–Kier alpha value is -1.39. The number of nitrogens with one attached hydrogen (secondary N) is 2. The van der Waals surface area contributed by atoms with Crippen molar-refractivity contribution >= 4 is 5.91 Å². The number of rotatable bonds is 3. The number of carbonyl (C=O) groups excluding carboxylic acids is 1. The van der Waals surface area contributed by atoms with Gasteiger partial charge in [0.15, 0.2) is 0 Å². The van der Waals surface area contributed by atoms with Gasteiger partial charge in [-0.2, -0.15) is 0 Å². The summed E-state index contributed by atoms with van der Waals surface area (Å²) in [4.78, 5) is 12.7. The van der Waals surface area contributed by atoms with Crippen molar-refractivity contribution in [2.45, 2.75) is 37.3 Å². The van der Waals surface area contributed by atoms with Gasteiger partial charge in [0.1, 0.15) is 5.60 Å². The molecule has 0 aromatic heterocycles. The van der Waals surface area contributed by atoms with Crippen LogP contribution >= 0.6 is 0 Å². The van der Waals surface area contributed by atoms with Crippen LogP contribution in [-0.4, -0.2) is 31.7 Å². The van der Waals surface area contributed by atoms with Crippen molar-refractivity contribution in [3.8, 4) is 0 Å². The molecule has 1 amide bonds. The van der Waals surface area contributed by atoms with E-state index in [0.717, 1.165) is 38.8 Å². The van der Waals surface area contributed by atoms with Crippen molar-refractivity contribution in [2.24, 2.45) is 0 Å². The largest absolute Gasteiger partial charge is 0.368 e. The minimum absolute atomic E-state index is 0.0446. The summed E-state index contributed by atoms with van der Waals surface area (Å²) in [6.45, 7) is 1.67. The maximum atomic E-state index is 12.7. The molecule has 4 nitrogen and oxygen atoms in total. The fourth-order valence-electron chi connectivity index (χ4n) is 3.35. The van der Waals surface area contributed by atoms with Crippen molar-refractivity contribution in [1.29, 1.82) is 0 Å². The summed E-state index contributed by atoms with van der Waals surface area (Å²) in [5, 5.41) is 6.48. The number of hydrogen-bond acceptors (Lipinski definition) is 3. The Kier molecular flexibility index (Phi) is 3.76. The molecule has 1 aliphatic carbocycles. The SMILES string of the molecule is COC1(C(=O)NC2CCc3ccccc32)CCNCC1. The minimum atomic E-state index is -0.650. The van der Waals surface area contributed by atoms with Crippen LogP contribution in [0.3, 0.4) is 0 Å². The second kappa shape index (κ2) is 5.54. The fourth-order valence-corrected chi connectivity index (χ4v) is 3.35. The van der Waals surface area contributed by atoms with E-state index in [-0.39, 0.29) is 11.9 Å². The fraction of sp³-hybridized carbons (Fsp3) is 0.562. The van der Waals surface area contributed by atoms with Gasteiger partial charge >= 0.3 is 0 Å². The number of benzene rings is 1. The van der Waals surface area contributed by atoms with Gasteiger partial charge in [0.25, 0.3) is 5.91 Å². The molecule has 0 spiro atoms. The van der Waals surface area contributed by atoms with Crippen LogP contribution in [0.4, 0.5) is 0 Å². The lowest BCUT2D eigenvalue weighted by molar-refractivity contribution is -0.147. The number of hydrogen-bond donors (Lipinski definition) is 2. The molecule has 108 valence electrons. The maximum Gasteiger partial charge on any atom is 0.252 e. The van der Waals surface area contributed by atoms with E-state index in [1.165, 1.54) is 11.1 Å². The lowest BCUT2D eigenvalue weighted by atomic mass is 9.90. The second-order valence-electron chi connectivity index (χ2n) is 5.71. The lowest BCUT2D eigenvalue weighted by Crippen LogP contribution is -2.54. The molecule has 1 aromatic rings. The zero-order chi connectivity index (χ0) is 14.0. The zero-order valence-corrected chi connectivity index (χ0v) is 11.9. The van der Waals surface area contributed by atoms with Crippen LogP contribution in [0.1, 0.15) is 36.4 Å². The first kappa shape index (κ1) is 13.6. The van der Waals surface area contributed by atoms with Crippen LogP contribution in [-0.2, 0) is 16.0 Å². The molecule has 1 aliphatic heterocycles. The molecule has 0 radical (unpaired) electrons. The van der Waals surface area contributed by atoms with E-state index < -0.39 is 5.60 Å². The predicted molar refractivity (Wildman–Crippen MR) is 77.5 cm³/mol. The summed E-state index contributed by atoms with van der Waals surface area (Å²) < 4.78 is 5.59. The van der Waals surface area contributed by atoms with Gasteiger partial charge in [-0.05, 0) is 49.9 Å². The maximum absolute atomic E-state index is 12.7. The van der Waals surface area contributed by atoms with Crippen LogP contribution in [0.15, 0.2) is 24.3 Å². The zero-order valence-electron chi connectivity index (χ0n) is 11.9. The van der Waals surface area contributed by atoms with Gasteiger partial charge in [0.2, 0.25) is 0 Å². The third-order valence-corrected chi connectivity index (χ3v) is 4.65. The molecule has 4 heteroatoms. The topological polar surface area (TPSA) is 50.4 Å². The smallest absolute Gasteiger partial charge is 0.252 e. The number of aryl methyl sites for hydroxylation is 1. The molecule has 1 heterocycles. The van der Waals surface area contributed by atoms with Gasteiger partial charge < -0.3 is 15.4 Å². The molecule has 1 aromatic carbocycles. The Balaban J connectivity index is 1.73. The van der Waals surface area contributed by atoms with E-state index in [0.29, 0.717) is 0 Å². The number of amides is 1. The van der Waals surface area contributed by atoms with Gasteiger partial charge in [-0.3, -0.25) is 4.79 Å². The highest BCUT2D eigenvalue weighted by molar-refractivity contribution is 5.86. The molecule has 1 atom stereocenters. The number of ether oxygens (including phenoxy) is 1. The van der Waals surface area contributed by atoms with Crippen molar-refractivity contribution in [3.05, 3.63) is 35.4 Å². The van der Waals surface area contributed by atoms with Crippen LogP contribution in [0.2, 0.25) is 0 Å². The van der Waals surface area contributed by atoms with Gasteiger partial charge in [0.05, 0.1) is 6.04 Å². The number of methoxy groups -OCH3 is 1. The molecular formula is C16H22N2O2. The van der Waals surface area contributed by atoms with Gasteiger partial charge in [-0.25, -0.2) is 0 Å². The highest BCUT2D eigenvalue weighted by atomic mass is 16.5. The summed E-state index contributed by atoms with van der Waals surface area (Å²) in [5.74, 6) is 0.0446. The number of fused-ring (bicyclic) bond motifs is 1. The molecule has 0 saturated carbocycles. The molecule has 1 fully saturated rings. The second-order valence-corrected chi connectivity index (χ2v) is 5.71. The predicted octanol–water partition coefficient (Wildman–Crippen LogP) is 1.56. The van der Waals surface area contributed by atoms with Crippen LogP contribution in [0.25, 0.3) is 0 Å². The third-order valence-electron chi connectivity index (χ3n) is 4.65. The van der Waals surface area contributed by atoms with Crippen LogP contribution in [0.5, 0.6) is 0 Å². The van der Waals surface area contributed by atoms with E-state index in [1.807, 2.05) is 6.07 Å². The molecule has 0 bridgehead atoms. The van der Waals surface area contributed by atoms with Crippen LogP contribution < -0.4 is 10.6 Å². The monoisotopic (exact) mass is 274 g/mol. The molecule has 2 N–H and O–H groups in total. The van der Waals surface area contributed by atoms with Crippen molar-refractivity contribution in [3.63, 3.8) is 0 Å². The highest BCUT2D eigenvalue weighted by Gasteiger charge is 2.41. The molecular weight excluding hydrogens is 252 g/mol. The van der Waals surface area contributed by atoms with E-state index in [2.05, 4.69) is 28.8 Å². The number of piperidine rings is 1. The first-order valence-corrected chi connectivity index (χ1v) is 7.40. The molecule has 3 rings (SSSR count). The average Bonchev–Trinajstić information content (AvgIpc) is 2.91. The van der Waals surface area contributed by atoms with Crippen molar-refractivity contribution < 1.29 is 9.53 Å². The van der Waals surface area contributed by atoms with E-state index in [9.17, 15) is 4.79 Å². The molecule has 20 heavy (non-hydrogen) atoms. The van der Waals surface area contributed by atoms with E-state index >= 15 is 0 Å². The third kappa shape index (κ3) is 2.34. The normalized spacial score (nSPS) is 24.1. The highest BCUT2D eigenvalue weighted by Crippen LogP contribution is 2.32. The van der Waals surface area contributed by atoms with Gasteiger partial charge in [-0.1, -0.05) is 24.3 Å². The molecule has 2 aliphatic rings. The Bertz CT molecular complexity index is 495. The Morgan fingerprint density at radius 3 is 2.85 bits per heavy atom. The van der Waals surface area contributed by atoms with Crippen molar-refractivity contribution in [2.75, 3.05) is 20.2 Å². The van der Waals surface area contributed by atoms with Gasteiger partial charge in [-0.15, -0.1) is 0 Å². The summed E-state index contributed by atoms with van der Waals surface area (Å²) in [5.41, 5.74) is 1.97. The minimum Gasteiger partial charge on any atom is -0.368 e. The Morgan fingerprint density at radius 1 is 1.35 bits per heavy atom. The summed E-state index contributed by atoms with van der Waals surface area (Å²) in [6.07, 6.45) is 3.51. The average molecular weight is 274 g/mol. The quantitative estimate of drug-likeness (QED) is 0.879. The summed E-state index contributed by atoms with van der Waals surface area (Å²) in [7, 11) is 1.65. The van der Waals surface area contributed by atoms with E-state index in [1.54, 1.807) is 7.11 Å². The Morgan fingerprint density at radius 2 is 2.10 bits per heavy atom. The first-order chi connectivity index (χ1) is 9.75. The first-order valence-electron chi connectivity index (χ1n) is 7.40. The molecule has 1 unspecified atom stereocenters.